The van der Waals surface area contributed by atoms with Crippen LogP contribution in [0.25, 0.3) is 12.2 Å². The van der Waals surface area contributed by atoms with Gasteiger partial charge in [0.2, 0.25) is 0 Å². The number of carboxylic acid groups (broad SMARTS) is 2. The Bertz CT molecular complexity index is 1430. The third-order valence-corrected chi connectivity index (χ3v) is 9.06. The maximum absolute atomic E-state index is 12.9. The topological polar surface area (TPSA) is 134 Å². The molecule has 0 radical (unpaired) electrons. The van der Waals surface area contributed by atoms with Gasteiger partial charge in [-0.15, -0.1) is 0 Å². The van der Waals surface area contributed by atoms with Crippen LogP contribution < -0.4 is 9.47 Å². The van der Waals surface area contributed by atoms with Crippen molar-refractivity contribution in [1.29, 1.82) is 0 Å². The third kappa shape index (κ3) is 8.91. The second-order valence-corrected chi connectivity index (χ2v) is 12.8. The highest BCUT2D eigenvalue weighted by molar-refractivity contribution is 8.27. The molecule has 0 spiro atoms. The summed E-state index contributed by atoms with van der Waals surface area (Å²) in [6.45, 7) is 0.876. The van der Waals surface area contributed by atoms with E-state index in [-0.39, 0.29) is 51.0 Å². The molecule has 0 aromatic heterocycles. The standard InChI is InChI=1S/C30H28N2O8S4/c33-25(34)11-5-13-31-27(37)23(43-29(31)41)17-19-7-1-3-9-21(19)39-15-16-40-22-10-4-2-8-20(22)18-24-28(38)32(30(42)44-24)14-6-12-26(35)36/h1-4,7-10,17-18H,5-6,11-16H2,(H,33,34)(H,35,36)/b23-17-,24-18-. The Morgan fingerprint density at radius 1 is 0.705 bits per heavy atom. The van der Waals surface area contributed by atoms with Crippen molar-refractivity contribution in [3.8, 4) is 11.5 Å². The lowest BCUT2D eigenvalue weighted by molar-refractivity contribution is -0.138. The lowest BCUT2D eigenvalue weighted by Crippen LogP contribution is -2.29. The number of amides is 2. The molecule has 0 saturated carbocycles. The van der Waals surface area contributed by atoms with E-state index in [0.717, 1.165) is 23.5 Å². The molecule has 2 aromatic rings. The van der Waals surface area contributed by atoms with E-state index in [4.69, 9.17) is 44.1 Å². The minimum Gasteiger partial charge on any atom is -0.489 e. The van der Waals surface area contributed by atoms with Crippen LogP contribution in [0.4, 0.5) is 0 Å². The molecule has 10 nitrogen and oxygen atoms in total. The number of thioether (sulfide) groups is 2. The summed E-state index contributed by atoms with van der Waals surface area (Å²) in [6.07, 6.45) is 3.95. The van der Waals surface area contributed by atoms with Crippen LogP contribution >= 0.6 is 48.0 Å². The normalized spacial score (nSPS) is 16.8. The number of ether oxygens (including phenoxy) is 2. The Hall–Kier alpha value is -3.72. The quantitative estimate of drug-likeness (QED) is 0.145. The van der Waals surface area contributed by atoms with Crippen LogP contribution in [0, 0.1) is 0 Å². The van der Waals surface area contributed by atoms with E-state index in [0.29, 0.717) is 53.9 Å². The summed E-state index contributed by atoms with van der Waals surface area (Å²) >= 11 is 13.0. The fourth-order valence-electron chi connectivity index (χ4n) is 4.21. The van der Waals surface area contributed by atoms with Crippen molar-refractivity contribution in [3.63, 3.8) is 0 Å². The zero-order chi connectivity index (χ0) is 31.6. The molecule has 0 bridgehead atoms. The molecule has 2 aliphatic heterocycles. The molecule has 2 fully saturated rings. The molecular weight excluding hydrogens is 645 g/mol. The number of hydrogen-bond acceptors (Lipinski definition) is 10. The minimum atomic E-state index is -0.924. The van der Waals surface area contributed by atoms with Crippen molar-refractivity contribution in [1.82, 2.24) is 9.80 Å². The fourth-order valence-corrected chi connectivity index (χ4v) is 6.81. The van der Waals surface area contributed by atoms with Gasteiger partial charge in [0, 0.05) is 37.1 Å². The molecule has 2 amide bonds. The maximum atomic E-state index is 12.9. The maximum Gasteiger partial charge on any atom is 0.303 e. The molecule has 2 N–H and O–H groups in total. The van der Waals surface area contributed by atoms with Crippen molar-refractivity contribution in [2.75, 3.05) is 26.3 Å². The molecule has 2 aromatic carbocycles. The zero-order valence-corrected chi connectivity index (χ0v) is 26.6. The number of benzene rings is 2. The number of nitrogens with zero attached hydrogens (tertiary/aromatic N) is 2. The average molecular weight is 673 g/mol. The van der Waals surface area contributed by atoms with Crippen molar-refractivity contribution in [3.05, 3.63) is 69.5 Å². The SMILES string of the molecule is O=C(O)CCCN1C(=O)/C(=C/c2ccccc2OCCOc2ccccc2/C=C2\SC(=S)N(CCCC(=O)O)C2=O)SC1=S. The van der Waals surface area contributed by atoms with E-state index in [1.807, 2.05) is 36.4 Å². The van der Waals surface area contributed by atoms with Gasteiger partial charge in [-0.05, 0) is 37.1 Å². The predicted octanol–water partition coefficient (Wildman–Crippen LogP) is 5.28. The second kappa shape index (κ2) is 15.8. The van der Waals surface area contributed by atoms with E-state index < -0.39 is 11.9 Å². The molecule has 14 heteroatoms. The van der Waals surface area contributed by atoms with Crippen LogP contribution in [0.1, 0.15) is 36.8 Å². The van der Waals surface area contributed by atoms with E-state index in [1.54, 1.807) is 24.3 Å². The first-order valence-corrected chi connectivity index (χ1v) is 16.0. The average Bonchev–Trinajstić information content (AvgIpc) is 3.40. The third-order valence-electron chi connectivity index (χ3n) is 6.30. The summed E-state index contributed by atoms with van der Waals surface area (Å²) in [6, 6.07) is 14.5. The monoisotopic (exact) mass is 672 g/mol. The summed E-state index contributed by atoms with van der Waals surface area (Å²) in [7, 11) is 0. The summed E-state index contributed by atoms with van der Waals surface area (Å²) in [5, 5.41) is 17.7. The molecule has 0 unspecified atom stereocenters. The van der Waals surface area contributed by atoms with Crippen LogP contribution in [-0.4, -0.2) is 78.7 Å². The zero-order valence-electron chi connectivity index (χ0n) is 23.3. The van der Waals surface area contributed by atoms with Gasteiger partial charge >= 0.3 is 11.9 Å². The van der Waals surface area contributed by atoms with Crippen LogP contribution in [-0.2, 0) is 19.2 Å². The highest BCUT2D eigenvalue weighted by atomic mass is 32.2. The van der Waals surface area contributed by atoms with Gasteiger partial charge in [-0.25, -0.2) is 0 Å². The number of carbonyl (C=O) groups is 4. The Kier molecular flexibility index (Phi) is 11.9. The van der Waals surface area contributed by atoms with Gasteiger partial charge in [0.25, 0.3) is 11.8 Å². The Balaban J connectivity index is 1.35. The Morgan fingerprint density at radius 3 is 1.48 bits per heavy atom. The molecule has 0 aliphatic carbocycles. The molecule has 230 valence electrons. The van der Waals surface area contributed by atoms with Crippen LogP contribution in [0.2, 0.25) is 0 Å². The van der Waals surface area contributed by atoms with E-state index in [1.165, 1.54) is 9.80 Å². The first kappa shape index (κ1) is 33.2. The number of hydrogen-bond donors (Lipinski definition) is 2. The van der Waals surface area contributed by atoms with Gasteiger partial charge in [-0.1, -0.05) is 84.4 Å². The number of carboxylic acids is 2. The van der Waals surface area contributed by atoms with Gasteiger partial charge in [0.05, 0.1) is 9.81 Å². The second-order valence-electron chi connectivity index (χ2n) is 9.43. The lowest BCUT2D eigenvalue weighted by atomic mass is 10.2. The largest absolute Gasteiger partial charge is 0.489 e. The van der Waals surface area contributed by atoms with E-state index in [2.05, 4.69) is 0 Å². The first-order valence-electron chi connectivity index (χ1n) is 13.5. The molecule has 0 atom stereocenters. The van der Waals surface area contributed by atoms with Gasteiger partial charge in [0.1, 0.15) is 33.4 Å². The molecule has 2 aliphatic rings. The lowest BCUT2D eigenvalue weighted by Gasteiger charge is -2.13. The summed E-state index contributed by atoms with van der Waals surface area (Å²) in [5.41, 5.74) is 1.37. The number of rotatable bonds is 15. The van der Waals surface area contributed by atoms with Gasteiger partial charge < -0.3 is 19.7 Å². The highest BCUT2D eigenvalue weighted by Crippen LogP contribution is 2.36. The highest BCUT2D eigenvalue weighted by Gasteiger charge is 2.33. The van der Waals surface area contributed by atoms with Crippen LogP contribution in [0.15, 0.2) is 58.3 Å². The van der Waals surface area contributed by atoms with Crippen molar-refractivity contribution < 1.29 is 38.9 Å². The van der Waals surface area contributed by atoms with E-state index >= 15 is 0 Å². The predicted molar refractivity (Wildman–Crippen MR) is 177 cm³/mol. The van der Waals surface area contributed by atoms with Crippen molar-refractivity contribution in [2.45, 2.75) is 25.7 Å². The molecule has 2 heterocycles. The fraction of sp³-hybridized carbons (Fsp3) is 0.267. The molecule has 44 heavy (non-hydrogen) atoms. The molecule has 4 rings (SSSR count). The number of para-hydroxylation sites is 2. The molecule has 2 saturated heterocycles. The number of aliphatic carboxylic acids is 2. The van der Waals surface area contributed by atoms with Crippen molar-refractivity contribution >= 4 is 92.5 Å². The first-order chi connectivity index (χ1) is 21.1. The Morgan fingerprint density at radius 2 is 1.09 bits per heavy atom. The van der Waals surface area contributed by atoms with Crippen LogP contribution in [0.3, 0.4) is 0 Å². The summed E-state index contributed by atoms with van der Waals surface area (Å²) in [4.78, 5) is 51.1. The van der Waals surface area contributed by atoms with Gasteiger partial charge in [-0.2, -0.15) is 0 Å². The smallest absolute Gasteiger partial charge is 0.303 e. The van der Waals surface area contributed by atoms with Gasteiger partial charge in [0.15, 0.2) is 0 Å². The summed E-state index contributed by atoms with van der Waals surface area (Å²) < 4.78 is 12.7. The molecular formula is C30H28N2O8S4. The minimum absolute atomic E-state index is 0.0449. The van der Waals surface area contributed by atoms with E-state index in [9.17, 15) is 19.2 Å². The van der Waals surface area contributed by atoms with Crippen molar-refractivity contribution in [2.24, 2.45) is 0 Å². The van der Waals surface area contributed by atoms with Gasteiger partial charge in [-0.3, -0.25) is 29.0 Å². The summed E-state index contributed by atoms with van der Waals surface area (Å²) in [5.74, 6) is -1.28. The number of thiocarbonyl (C=S) groups is 2. The number of carbonyl (C=O) groups excluding carboxylic acids is 2. The Labute approximate surface area is 273 Å². The van der Waals surface area contributed by atoms with Crippen LogP contribution in [0.5, 0.6) is 11.5 Å².